The van der Waals surface area contributed by atoms with Crippen LogP contribution in [0, 0.1) is 46.3 Å². The number of para-hydroxylation sites is 1. The molecule has 90 heavy (non-hydrogen) atoms. The number of aliphatic hydroxyl groups is 1. The van der Waals surface area contributed by atoms with Gasteiger partial charge in [0.15, 0.2) is 34.9 Å². The van der Waals surface area contributed by atoms with E-state index < -0.39 is 112 Å². The van der Waals surface area contributed by atoms with Crippen molar-refractivity contribution >= 4 is 52.7 Å². The van der Waals surface area contributed by atoms with E-state index in [4.69, 9.17) is 34.2 Å². The summed E-state index contributed by atoms with van der Waals surface area (Å²) in [5.41, 5.74) is 1.38. The minimum Gasteiger partial charge on any atom is -0.390 e. The summed E-state index contributed by atoms with van der Waals surface area (Å²) in [5.74, 6) is 0.0857. The molecule has 6 aliphatic rings. The van der Waals surface area contributed by atoms with Crippen molar-refractivity contribution in [3.05, 3.63) is 89.0 Å². The average Bonchev–Trinajstić information content (AvgIpc) is 1.39. The maximum absolute atomic E-state index is 18.0. The Morgan fingerprint density at radius 2 is 1.49 bits per heavy atom. The predicted octanol–water partition coefficient (Wildman–Crippen LogP) is 5.35. The number of Topliss-reactive ketones (excluding diaryl/α,β-unsaturated/α-hetero) is 2. The van der Waals surface area contributed by atoms with Crippen LogP contribution in [0.1, 0.15) is 122 Å². The zero-order valence-corrected chi connectivity index (χ0v) is 52.3. The van der Waals surface area contributed by atoms with Gasteiger partial charge < -0.3 is 65.4 Å². The number of halogens is 2. The van der Waals surface area contributed by atoms with Gasteiger partial charge in [-0.3, -0.25) is 33.6 Å². The highest BCUT2D eigenvalue weighted by Gasteiger charge is 2.80. The van der Waals surface area contributed by atoms with Crippen LogP contribution >= 0.6 is 0 Å². The van der Waals surface area contributed by atoms with Crippen molar-refractivity contribution < 1.29 is 80.7 Å². The number of aliphatic hydroxyl groups excluding tert-OH is 1. The number of anilines is 1. The summed E-state index contributed by atoms with van der Waals surface area (Å²) in [6.45, 7) is 10.6. The number of rotatable bonds is 33. The maximum Gasteiger partial charge on any atom is 0.312 e. The highest BCUT2D eigenvalue weighted by Crippen LogP contribution is 2.72. The van der Waals surface area contributed by atoms with Crippen LogP contribution in [-0.2, 0) is 68.5 Å². The van der Waals surface area contributed by atoms with Gasteiger partial charge in [0.25, 0.3) is 0 Å². The maximum atomic E-state index is 18.0. The number of hydrogen-bond acceptors (Lipinski definition) is 15. The Hall–Kier alpha value is -6.78. The lowest BCUT2D eigenvalue weighted by Crippen LogP contribution is -2.71. The van der Waals surface area contributed by atoms with Gasteiger partial charge in [-0.15, -0.1) is 0 Å². The zero-order valence-electron chi connectivity index (χ0n) is 52.3. The minimum atomic E-state index is -2.41. The molecule has 21 nitrogen and oxygen atoms in total. The van der Waals surface area contributed by atoms with Crippen LogP contribution in [0.25, 0.3) is 0 Å². The van der Waals surface area contributed by atoms with Crippen LogP contribution < -0.4 is 31.9 Å². The summed E-state index contributed by atoms with van der Waals surface area (Å²) >= 11 is 0. The SMILES string of the molecule is CCCC1O[C@@H]2C[C@H]3[C@@H]4C[C@H](F)C5=CC(=O)C=C[C@]5(C)[C@@]4(F)[C@@H](O)C[C@]3(C)C2(C(=O)CNC(=O)[C@H](CCCNC(N)=O)CC(=O)[C@@H](NC(=O)CCOCCOCCOCCOCCNC(=O)CCC(=O)N2Cc3ccccc3C#Cc3ccccc32)C(C)C)O1. The lowest BCUT2D eigenvalue weighted by atomic mass is 9.44. The van der Waals surface area contributed by atoms with E-state index >= 15 is 13.6 Å². The van der Waals surface area contributed by atoms with Crippen LogP contribution in [0.5, 0.6) is 0 Å². The second-order valence-electron chi connectivity index (χ2n) is 25.0. The summed E-state index contributed by atoms with van der Waals surface area (Å²) in [6.07, 6.45) is -0.988. The zero-order chi connectivity index (χ0) is 64.8. The smallest absolute Gasteiger partial charge is 0.312 e. The van der Waals surface area contributed by atoms with Gasteiger partial charge >= 0.3 is 6.03 Å². The second kappa shape index (κ2) is 31.0. The number of ketones is 3. The van der Waals surface area contributed by atoms with Crippen LogP contribution in [0.15, 0.2) is 72.3 Å². The standard InChI is InChI=1S/C67H88F2N6O15/c1-6-12-60-89-56-38-48-49-37-51(68)50-36-47(76)22-24-64(50,4)66(49,69)54(78)39-65(48,5)67(56,90-60)55(79)40-73-62(83)45(16-11-25-72-63(70)84)35-53(77)61(42(2)3)74-58(81)23-27-85-29-31-87-33-34-88-32-30-86-28-26-71-57(80)20-21-59(82)75-41-46-15-8-7-13-43(46)18-19-44-14-9-10-17-52(44)75/h7-10,13-15,17,22,24,36,42,45,48-49,51,54,56,60-61,78H,6,11-12,16,20-21,23,25-35,37-41H2,1-5H3,(H,71,80)(H,73,83)(H,74,81)(H3,70,72,84)/t45-,48+,49+,51+,54+,56-,60?,61+,64+,65+,66+,67?/m1/s1. The molecule has 2 aliphatic heterocycles. The van der Waals surface area contributed by atoms with E-state index in [0.717, 1.165) is 22.8 Å². The molecular formula is C67H88F2N6O15. The van der Waals surface area contributed by atoms with Gasteiger partial charge in [0, 0.05) is 72.6 Å². The average molecular weight is 1260 g/mol. The first-order valence-electron chi connectivity index (χ1n) is 31.6. The third-order valence-electron chi connectivity index (χ3n) is 18.9. The monoisotopic (exact) mass is 1250 g/mol. The quantitative estimate of drug-likeness (QED) is 0.0388. The van der Waals surface area contributed by atoms with Crippen molar-refractivity contribution in [3.8, 4) is 11.8 Å². The van der Waals surface area contributed by atoms with E-state index in [1.807, 2.05) is 55.5 Å². The van der Waals surface area contributed by atoms with E-state index in [0.29, 0.717) is 44.9 Å². The summed E-state index contributed by atoms with van der Waals surface area (Å²) < 4.78 is 69.7. The number of fused-ring (bicyclic) bond motifs is 9. The molecule has 3 saturated carbocycles. The Balaban J connectivity index is 0.726. The molecule has 0 radical (unpaired) electrons. The molecule has 2 unspecified atom stereocenters. The number of carbonyl (C=O) groups is 8. The fourth-order valence-corrected chi connectivity index (χ4v) is 14.3. The van der Waals surface area contributed by atoms with Gasteiger partial charge in [-0.1, -0.05) is 82.4 Å². The Labute approximate surface area is 525 Å². The number of ether oxygens (including phenoxy) is 6. The molecule has 2 heterocycles. The van der Waals surface area contributed by atoms with Crippen molar-refractivity contribution in [3.63, 3.8) is 0 Å². The van der Waals surface area contributed by atoms with Crippen LogP contribution in [0.4, 0.5) is 19.3 Å². The summed E-state index contributed by atoms with van der Waals surface area (Å²) in [6, 6.07) is 13.4. The molecule has 0 bridgehead atoms. The molecule has 4 fully saturated rings. The van der Waals surface area contributed by atoms with Gasteiger partial charge in [0.1, 0.15) is 6.17 Å². The van der Waals surface area contributed by atoms with Gasteiger partial charge in [0.2, 0.25) is 23.6 Å². The van der Waals surface area contributed by atoms with Gasteiger partial charge in [-0.25, -0.2) is 13.6 Å². The van der Waals surface area contributed by atoms with Crippen LogP contribution in [0.3, 0.4) is 0 Å². The Morgan fingerprint density at radius 1 is 0.822 bits per heavy atom. The van der Waals surface area contributed by atoms with E-state index in [1.165, 1.54) is 19.1 Å². The first-order valence-corrected chi connectivity index (χ1v) is 31.6. The highest BCUT2D eigenvalue weighted by molar-refractivity contribution is 6.02. The largest absolute Gasteiger partial charge is 0.390 e. The predicted molar refractivity (Wildman–Crippen MR) is 326 cm³/mol. The summed E-state index contributed by atoms with van der Waals surface area (Å²) in [5, 5.41) is 22.8. The lowest BCUT2D eigenvalue weighted by molar-refractivity contribution is -0.234. The molecule has 8 rings (SSSR count). The number of benzene rings is 2. The van der Waals surface area contributed by atoms with Crippen molar-refractivity contribution in [1.29, 1.82) is 0 Å². The number of nitrogens with one attached hydrogen (secondary N) is 4. The second-order valence-corrected chi connectivity index (χ2v) is 25.0. The van der Waals surface area contributed by atoms with Gasteiger partial charge in [-0.05, 0) is 98.8 Å². The molecule has 0 aromatic heterocycles. The molecule has 7 N–H and O–H groups in total. The molecule has 2 aromatic rings. The number of alkyl halides is 2. The van der Waals surface area contributed by atoms with E-state index in [1.54, 1.807) is 25.7 Å². The number of nitrogens with two attached hydrogens (primary N) is 1. The van der Waals surface area contributed by atoms with E-state index in [-0.39, 0.29) is 127 Å². The Kier molecular flexibility index (Phi) is 23.8. The Morgan fingerprint density at radius 3 is 2.19 bits per heavy atom. The highest BCUT2D eigenvalue weighted by atomic mass is 19.1. The van der Waals surface area contributed by atoms with E-state index in [2.05, 4.69) is 33.1 Å². The molecule has 490 valence electrons. The van der Waals surface area contributed by atoms with Crippen molar-refractivity contribution in [2.45, 2.75) is 154 Å². The molecule has 4 aliphatic carbocycles. The number of urea groups is 1. The number of hydrogen-bond donors (Lipinski definition) is 6. The number of allylic oxidation sites excluding steroid dienone is 4. The summed E-state index contributed by atoms with van der Waals surface area (Å²) in [7, 11) is 0. The molecule has 6 amide bonds. The van der Waals surface area contributed by atoms with Crippen LogP contribution in [-0.4, -0.2) is 167 Å². The number of primary amides is 1. The first-order chi connectivity index (χ1) is 43.1. The fraction of sp³-hybridized carbons (Fsp3) is 0.612. The summed E-state index contributed by atoms with van der Waals surface area (Å²) in [4.78, 5) is 108. The third kappa shape index (κ3) is 15.4. The van der Waals surface area contributed by atoms with Crippen molar-refractivity contribution in [1.82, 2.24) is 21.3 Å². The topological polar surface area (TPSA) is 290 Å². The fourth-order valence-electron chi connectivity index (χ4n) is 14.3. The van der Waals surface area contributed by atoms with Crippen LogP contribution in [0.2, 0.25) is 0 Å². The molecule has 12 atom stereocenters. The number of amides is 6. The van der Waals surface area contributed by atoms with E-state index in [9.17, 15) is 38.7 Å². The van der Waals surface area contributed by atoms with Crippen molar-refractivity contribution in [2.24, 2.45) is 40.2 Å². The van der Waals surface area contributed by atoms with Crippen molar-refractivity contribution in [2.75, 3.05) is 77.4 Å². The molecule has 23 heteroatoms. The molecule has 2 aromatic carbocycles. The molecule has 1 saturated heterocycles. The molecular weight excluding hydrogens is 1170 g/mol. The minimum absolute atomic E-state index is 0.0244. The Bertz CT molecular complexity index is 3080. The lowest BCUT2D eigenvalue weighted by Gasteiger charge is -2.63. The first kappa shape index (κ1) is 69.1. The number of carbonyl (C=O) groups excluding carboxylic acids is 8. The third-order valence-corrected chi connectivity index (χ3v) is 18.9. The van der Waals surface area contributed by atoms with Gasteiger partial charge in [-0.2, -0.15) is 0 Å². The number of nitrogens with zero attached hydrogens (tertiary/aromatic N) is 1. The molecule has 0 spiro atoms. The van der Waals surface area contributed by atoms with Gasteiger partial charge in [0.05, 0.1) is 89.9 Å². The normalized spacial score (nSPS) is 27.5.